The Kier molecular flexibility index (Phi) is 4.80. The summed E-state index contributed by atoms with van der Waals surface area (Å²) >= 11 is 0. The molecule has 0 spiro atoms. The molecular weight excluding hydrogens is 240 g/mol. The van der Waals surface area contributed by atoms with Gasteiger partial charge < -0.3 is 15.4 Å². The third-order valence-electron chi connectivity index (χ3n) is 3.68. The van der Waals surface area contributed by atoms with Gasteiger partial charge in [-0.2, -0.15) is 0 Å². The molecule has 1 aromatic rings. The van der Waals surface area contributed by atoms with Crippen LogP contribution < -0.4 is 10.5 Å². The molecule has 104 valence electrons. The Morgan fingerprint density at radius 3 is 3.00 bits per heavy atom. The molecule has 1 aliphatic heterocycles. The van der Waals surface area contributed by atoms with Crippen LogP contribution in [0.2, 0.25) is 0 Å². The molecule has 1 heterocycles. The van der Waals surface area contributed by atoms with E-state index in [-0.39, 0.29) is 11.8 Å². The number of benzene rings is 1. The summed E-state index contributed by atoms with van der Waals surface area (Å²) in [6, 6.07) is 7.90. The molecule has 1 aliphatic rings. The molecule has 1 amide bonds. The molecule has 0 saturated carbocycles. The molecule has 0 aromatic heterocycles. The zero-order valence-electron chi connectivity index (χ0n) is 11.5. The van der Waals surface area contributed by atoms with E-state index in [0.29, 0.717) is 32.7 Å². The van der Waals surface area contributed by atoms with Crippen LogP contribution in [0.1, 0.15) is 25.3 Å². The quantitative estimate of drug-likeness (QED) is 0.900. The molecule has 19 heavy (non-hydrogen) atoms. The number of nitrogens with two attached hydrogens (primary N) is 1. The van der Waals surface area contributed by atoms with Crippen LogP contribution in [-0.2, 0) is 11.3 Å². The van der Waals surface area contributed by atoms with E-state index in [4.69, 9.17) is 10.5 Å². The van der Waals surface area contributed by atoms with Crippen molar-refractivity contribution in [1.29, 1.82) is 0 Å². The number of amides is 1. The molecule has 0 radical (unpaired) electrons. The largest absolute Gasteiger partial charge is 0.491 e. The first-order valence-electron chi connectivity index (χ1n) is 6.93. The Morgan fingerprint density at radius 2 is 2.26 bits per heavy atom. The number of hydrogen-bond acceptors (Lipinski definition) is 3. The van der Waals surface area contributed by atoms with E-state index in [1.54, 1.807) is 0 Å². The highest BCUT2D eigenvalue weighted by Crippen LogP contribution is 2.23. The highest BCUT2D eigenvalue weighted by atomic mass is 16.5. The van der Waals surface area contributed by atoms with Crippen LogP contribution >= 0.6 is 0 Å². The second-order valence-electron chi connectivity index (χ2n) is 4.99. The minimum atomic E-state index is 0.178. The van der Waals surface area contributed by atoms with Gasteiger partial charge in [-0.15, -0.1) is 0 Å². The maximum atomic E-state index is 12.3. The van der Waals surface area contributed by atoms with Crippen molar-refractivity contribution in [3.8, 4) is 5.75 Å². The SMILES string of the molecule is CCC(CN)CC(=O)N1CCOc2ccccc2C1. The monoisotopic (exact) mass is 262 g/mol. The van der Waals surface area contributed by atoms with Gasteiger partial charge in [0.1, 0.15) is 12.4 Å². The molecule has 1 atom stereocenters. The predicted octanol–water partition coefficient (Wildman–Crippen LogP) is 1.78. The molecule has 0 fully saturated rings. The smallest absolute Gasteiger partial charge is 0.223 e. The van der Waals surface area contributed by atoms with Crippen molar-refractivity contribution in [3.05, 3.63) is 29.8 Å². The Morgan fingerprint density at radius 1 is 1.47 bits per heavy atom. The normalized spacial score (nSPS) is 16.2. The number of carbonyl (C=O) groups excluding carboxylic acids is 1. The standard InChI is InChI=1S/C15H22N2O2/c1-2-12(10-16)9-15(18)17-7-8-19-14-6-4-3-5-13(14)11-17/h3-6,12H,2,7-11,16H2,1H3. The summed E-state index contributed by atoms with van der Waals surface area (Å²) in [5.41, 5.74) is 6.75. The highest BCUT2D eigenvalue weighted by molar-refractivity contribution is 5.76. The number of fused-ring (bicyclic) bond motifs is 1. The van der Waals surface area contributed by atoms with E-state index in [0.717, 1.165) is 17.7 Å². The number of hydrogen-bond donors (Lipinski definition) is 1. The van der Waals surface area contributed by atoms with Crippen molar-refractivity contribution in [1.82, 2.24) is 4.90 Å². The van der Waals surface area contributed by atoms with Crippen molar-refractivity contribution in [2.45, 2.75) is 26.3 Å². The van der Waals surface area contributed by atoms with Crippen LogP contribution in [0, 0.1) is 5.92 Å². The molecule has 1 aromatic carbocycles. The lowest BCUT2D eigenvalue weighted by Gasteiger charge is -2.22. The second kappa shape index (κ2) is 6.57. The number of carbonyl (C=O) groups is 1. The van der Waals surface area contributed by atoms with E-state index in [2.05, 4.69) is 6.92 Å². The van der Waals surface area contributed by atoms with E-state index in [1.165, 1.54) is 0 Å². The van der Waals surface area contributed by atoms with Crippen LogP contribution in [-0.4, -0.2) is 30.5 Å². The first-order chi connectivity index (χ1) is 9.24. The third kappa shape index (κ3) is 3.47. The van der Waals surface area contributed by atoms with Crippen molar-refractivity contribution >= 4 is 5.91 Å². The summed E-state index contributed by atoms with van der Waals surface area (Å²) in [6.07, 6.45) is 1.48. The maximum absolute atomic E-state index is 12.3. The van der Waals surface area contributed by atoms with Crippen LogP contribution in [0.15, 0.2) is 24.3 Å². The fourth-order valence-electron chi connectivity index (χ4n) is 2.31. The first-order valence-corrected chi connectivity index (χ1v) is 6.93. The molecule has 0 aliphatic carbocycles. The fourth-order valence-corrected chi connectivity index (χ4v) is 2.31. The molecule has 4 heteroatoms. The average molecular weight is 262 g/mol. The lowest BCUT2D eigenvalue weighted by Crippen LogP contribution is -2.34. The van der Waals surface area contributed by atoms with Crippen molar-refractivity contribution in [2.75, 3.05) is 19.7 Å². The Bertz CT molecular complexity index is 430. The summed E-state index contributed by atoms with van der Waals surface area (Å²) in [5.74, 6) is 1.35. The van der Waals surface area contributed by atoms with Crippen LogP contribution in [0.25, 0.3) is 0 Å². The van der Waals surface area contributed by atoms with Gasteiger partial charge in [0.05, 0.1) is 6.54 Å². The van der Waals surface area contributed by atoms with Crippen molar-refractivity contribution in [3.63, 3.8) is 0 Å². The minimum Gasteiger partial charge on any atom is -0.491 e. The van der Waals surface area contributed by atoms with Gasteiger partial charge in [0.2, 0.25) is 5.91 Å². The maximum Gasteiger partial charge on any atom is 0.223 e. The van der Waals surface area contributed by atoms with Gasteiger partial charge in [0.15, 0.2) is 0 Å². The van der Waals surface area contributed by atoms with E-state index >= 15 is 0 Å². The molecule has 4 nitrogen and oxygen atoms in total. The number of nitrogens with zero attached hydrogens (tertiary/aromatic N) is 1. The Labute approximate surface area is 114 Å². The van der Waals surface area contributed by atoms with E-state index in [1.807, 2.05) is 29.2 Å². The van der Waals surface area contributed by atoms with Crippen molar-refractivity contribution in [2.24, 2.45) is 11.7 Å². The molecule has 2 rings (SSSR count). The number of rotatable bonds is 4. The van der Waals surface area contributed by atoms with Gasteiger partial charge in [0, 0.05) is 18.5 Å². The third-order valence-corrected chi connectivity index (χ3v) is 3.68. The van der Waals surface area contributed by atoms with E-state index < -0.39 is 0 Å². The zero-order chi connectivity index (χ0) is 13.7. The van der Waals surface area contributed by atoms with Gasteiger partial charge in [-0.05, 0) is 18.5 Å². The topological polar surface area (TPSA) is 55.6 Å². The Hall–Kier alpha value is -1.55. The van der Waals surface area contributed by atoms with Gasteiger partial charge in [-0.25, -0.2) is 0 Å². The predicted molar refractivity (Wildman–Crippen MR) is 74.8 cm³/mol. The second-order valence-corrected chi connectivity index (χ2v) is 4.99. The summed E-state index contributed by atoms with van der Waals surface area (Å²) in [7, 11) is 0. The van der Waals surface area contributed by atoms with Crippen LogP contribution in [0.3, 0.4) is 0 Å². The summed E-state index contributed by atoms with van der Waals surface area (Å²) in [4.78, 5) is 14.2. The summed E-state index contributed by atoms with van der Waals surface area (Å²) in [6.45, 7) is 4.49. The van der Waals surface area contributed by atoms with Crippen LogP contribution in [0.5, 0.6) is 5.75 Å². The van der Waals surface area contributed by atoms with Gasteiger partial charge in [-0.3, -0.25) is 4.79 Å². The molecule has 2 N–H and O–H groups in total. The lowest BCUT2D eigenvalue weighted by molar-refractivity contribution is -0.132. The highest BCUT2D eigenvalue weighted by Gasteiger charge is 2.21. The summed E-state index contributed by atoms with van der Waals surface area (Å²) in [5, 5.41) is 0. The Balaban J connectivity index is 2.03. The lowest BCUT2D eigenvalue weighted by atomic mass is 10.0. The number of para-hydroxylation sites is 1. The molecular formula is C15H22N2O2. The fraction of sp³-hybridized carbons (Fsp3) is 0.533. The first kappa shape index (κ1) is 13.9. The summed E-state index contributed by atoms with van der Waals surface area (Å²) < 4.78 is 5.67. The van der Waals surface area contributed by atoms with E-state index in [9.17, 15) is 4.79 Å². The van der Waals surface area contributed by atoms with Crippen LogP contribution in [0.4, 0.5) is 0 Å². The van der Waals surface area contributed by atoms with Gasteiger partial charge in [-0.1, -0.05) is 31.5 Å². The zero-order valence-corrected chi connectivity index (χ0v) is 11.5. The van der Waals surface area contributed by atoms with Crippen molar-refractivity contribution < 1.29 is 9.53 Å². The molecule has 0 saturated heterocycles. The van der Waals surface area contributed by atoms with Gasteiger partial charge >= 0.3 is 0 Å². The molecule has 0 bridgehead atoms. The average Bonchev–Trinajstić information content (AvgIpc) is 2.66. The minimum absolute atomic E-state index is 0.178. The molecule has 1 unspecified atom stereocenters. The van der Waals surface area contributed by atoms with Gasteiger partial charge in [0.25, 0.3) is 0 Å². The number of ether oxygens (including phenoxy) is 1.